The summed E-state index contributed by atoms with van der Waals surface area (Å²) in [5.41, 5.74) is 0.221. The highest BCUT2D eigenvalue weighted by Gasteiger charge is 2.39. The predicted molar refractivity (Wildman–Crippen MR) is 124 cm³/mol. The molecule has 0 N–H and O–H groups in total. The first kappa shape index (κ1) is 24.6. The van der Waals surface area contributed by atoms with Crippen LogP contribution in [-0.4, -0.2) is 58.8 Å². The van der Waals surface area contributed by atoms with Crippen molar-refractivity contribution in [3.63, 3.8) is 0 Å². The van der Waals surface area contributed by atoms with Crippen LogP contribution in [0.3, 0.4) is 0 Å². The standard InChI is InChI=1S/C24H44N2O2S/c1-8-24(29-7)13-16-26(17-24)22(28)19(4)9-12-23(5,6)20-10-14-25(15-11-20)21(27)18(2)3/h18-20H,8-17H2,1-7H3. The summed E-state index contributed by atoms with van der Waals surface area (Å²) < 4.78 is 0.274. The van der Waals surface area contributed by atoms with Crippen LogP contribution in [0.1, 0.15) is 80.1 Å². The van der Waals surface area contributed by atoms with Crippen LogP contribution in [0, 0.1) is 23.2 Å². The number of thioether (sulfide) groups is 1. The predicted octanol–water partition coefficient (Wildman–Crippen LogP) is 5.07. The molecule has 2 unspecified atom stereocenters. The molecule has 2 aliphatic rings. The van der Waals surface area contributed by atoms with Crippen molar-refractivity contribution in [2.75, 3.05) is 32.4 Å². The van der Waals surface area contributed by atoms with E-state index in [-0.39, 0.29) is 22.0 Å². The maximum absolute atomic E-state index is 13.0. The van der Waals surface area contributed by atoms with Gasteiger partial charge in [0.25, 0.3) is 0 Å². The summed E-state index contributed by atoms with van der Waals surface area (Å²) in [5.74, 6) is 1.47. The highest BCUT2D eigenvalue weighted by molar-refractivity contribution is 8.00. The van der Waals surface area contributed by atoms with Gasteiger partial charge in [0.1, 0.15) is 0 Å². The molecule has 5 heteroatoms. The Morgan fingerprint density at radius 1 is 1.07 bits per heavy atom. The maximum Gasteiger partial charge on any atom is 0.225 e. The zero-order valence-corrected chi connectivity index (χ0v) is 20.7. The van der Waals surface area contributed by atoms with E-state index in [9.17, 15) is 9.59 Å². The van der Waals surface area contributed by atoms with E-state index in [0.29, 0.717) is 17.7 Å². The van der Waals surface area contributed by atoms with Gasteiger partial charge in [-0.2, -0.15) is 11.8 Å². The largest absolute Gasteiger partial charge is 0.342 e. The number of hydrogen-bond acceptors (Lipinski definition) is 3. The van der Waals surface area contributed by atoms with Crippen molar-refractivity contribution < 1.29 is 9.59 Å². The number of piperidine rings is 1. The third-order valence-corrected chi connectivity index (χ3v) is 9.24. The topological polar surface area (TPSA) is 40.6 Å². The van der Waals surface area contributed by atoms with Crippen LogP contribution in [-0.2, 0) is 9.59 Å². The number of likely N-dealkylation sites (tertiary alicyclic amines) is 2. The average Bonchev–Trinajstić information content (AvgIpc) is 3.16. The fraction of sp³-hybridized carbons (Fsp3) is 0.917. The highest BCUT2D eigenvalue weighted by Crippen LogP contribution is 2.41. The molecule has 168 valence electrons. The van der Waals surface area contributed by atoms with Crippen molar-refractivity contribution in [2.45, 2.75) is 84.8 Å². The summed E-state index contributed by atoms with van der Waals surface area (Å²) in [5, 5.41) is 0. The van der Waals surface area contributed by atoms with Crippen LogP contribution in [0.25, 0.3) is 0 Å². The van der Waals surface area contributed by atoms with Crippen LogP contribution < -0.4 is 0 Å². The molecule has 0 spiro atoms. The van der Waals surface area contributed by atoms with Gasteiger partial charge in [0.2, 0.25) is 11.8 Å². The zero-order valence-electron chi connectivity index (χ0n) is 19.9. The van der Waals surface area contributed by atoms with Gasteiger partial charge in [-0.3, -0.25) is 9.59 Å². The van der Waals surface area contributed by atoms with Crippen LogP contribution in [0.15, 0.2) is 0 Å². The van der Waals surface area contributed by atoms with E-state index in [0.717, 1.165) is 64.7 Å². The number of amides is 2. The first-order valence-electron chi connectivity index (χ1n) is 11.7. The lowest BCUT2D eigenvalue weighted by molar-refractivity contribution is -0.137. The minimum atomic E-state index is 0.0922. The van der Waals surface area contributed by atoms with E-state index < -0.39 is 0 Å². The molecule has 2 rings (SSSR count). The number of nitrogens with zero attached hydrogens (tertiary/aromatic N) is 2. The Morgan fingerprint density at radius 3 is 2.17 bits per heavy atom. The molecule has 0 saturated carbocycles. The lowest BCUT2D eigenvalue weighted by Gasteiger charge is -2.41. The third-order valence-electron chi connectivity index (χ3n) is 7.75. The molecule has 4 nitrogen and oxygen atoms in total. The lowest BCUT2D eigenvalue weighted by atomic mass is 9.70. The van der Waals surface area contributed by atoms with E-state index in [2.05, 4.69) is 38.9 Å². The number of carbonyl (C=O) groups is 2. The molecule has 2 aliphatic heterocycles. The summed E-state index contributed by atoms with van der Waals surface area (Å²) in [7, 11) is 0. The Balaban J connectivity index is 1.82. The Morgan fingerprint density at radius 2 is 1.69 bits per heavy atom. The molecule has 0 bridgehead atoms. The first-order chi connectivity index (χ1) is 13.5. The molecule has 2 amide bonds. The molecule has 0 aliphatic carbocycles. The molecule has 0 aromatic heterocycles. The van der Waals surface area contributed by atoms with Crippen molar-refractivity contribution in [2.24, 2.45) is 23.2 Å². The quantitative estimate of drug-likeness (QED) is 0.546. The van der Waals surface area contributed by atoms with Gasteiger partial charge in [0, 0.05) is 42.8 Å². The third kappa shape index (κ3) is 5.92. The summed E-state index contributed by atoms with van der Waals surface area (Å²) in [4.78, 5) is 29.4. The molecule has 2 atom stereocenters. The lowest BCUT2D eigenvalue weighted by Crippen LogP contribution is -2.43. The fourth-order valence-corrected chi connectivity index (χ4v) is 5.98. The summed E-state index contributed by atoms with van der Waals surface area (Å²) >= 11 is 1.93. The molecule has 0 radical (unpaired) electrons. The van der Waals surface area contributed by atoms with Gasteiger partial charge < -0.3 is 9.80 Å². The molecule has 0 aromatic rings. The number of carbonyl (C=O) groups excluding carboxylic acids is 2. The number of rotatable bonds is 8. The van der Waals surface area contributed by atoms with Crippen molar-refractivity contribution in [1.29, 1.82) is 0 Å². The second kappa shape index (κ2) is 10.1. The van der Waals surface area contributed by atoms with Crippen LogP contribution >= 0.6 is 11.8 Å². The Labute approximate surface area is 183 Å². The fourth-order valence-electron chi connectivity index (χ4n) is 5.11. The van der Waals surface area contributed by atoms with E-state index >= 15 is 0 Å². The first-order valence-corrected chi connectivity index (χ1v) is 12.9. The number of hydrogen-bond donors (Lipinski definition) is 0. The Hall–Kier alpha value is -0.710. The molecular weight excluding hydrogens is 380 g/mol. The molecule has 2 heterocycles. The smallest absolute Gasteiger partial charge is 0.225 e. The average molecular weight is 425 g/mol. The van der Waals surface area contributed by atoms with Gasteiger partial charge in [-0.1, -0.05) is 41.5 Å². The van der Waals surface area contributed by atoms with Gasteiger partial charge in [-0.25, -0.2) is 0 Å². The highest BCUT2D eigenvalue weighted by atomic mass is 32.2. The van der Waals surface area contributed by atoms with E-state index in [1.807, 2.05) is 30.5 Å². The monoisotopic (exact) mass is 424 g/mol. The zero-order chi connectivity index (χ0) is 21.8. The van der Waals surface area contributed by atoms with Crippen molar-refractivity contribution in [3.8, 4) is 0 Å². The van der Waals surface area contributed by atoms with Gasteiger partial charge in [0.15, 0.2) is 0 Å². The van der Waals surface area contributed by atoms with Crippen molar-refractivity contribution >= 4 is 23.6 Å². The molecule has 2 saturated heterocycles. The van der Waals surface area contributed by atoms with E-state index in [1.54, 1.807) is 0 Å². The van der Waals surface area contributed by atoms with Gasteiger partial charge in [0.05, 0.1) is 0 Å². The summed E-state index contributed by atoms with van der Waals surface area (Å²) in [6, 6.07) is 0. The molecular formula is C24H44N2O2S. The second-order valence-electron chi connectivity index (χ2n) is 10.4. The van der Waals surface area contributed by atoms with Gasteiger partial charge in [-0.05, 0) is 56.1 Å². The second-order valence-corrected chi connectivity index (χ2v) is 11.7. The van der Waals surface area contributed by atoms with Crippen LogP contribution in [0.5, 0.6) is 0 Å². The molecule has 0 aromatic carbocycles. The summed E-state index contributed by atoms with van der Waals surface area (Å²) in [6.07, 6.45) is 8.67. The van der Waals surface area contributed by atoms with Crippen LogP contribution in [0.4, 0.5) is 0 Å². The van der Waals surface area contributed by atoms with Crippen LogP contribution in [0.2, 0.25) is 0 Å². The minimum Gasteiger partial charge on any atom is -0.342 e. The SMILES string of the molecule is CCC1(SC)CCN(C(=O)C(C)CCC(C)(C)C2CCN(C(=O)C(C)C)CC2)C1. The maximum atomic E-state index is 13.0. The van der Waals surface area contributed by atoms with Gasteiger partial charge in [-0.15, -0.1) is 0 Å². The van der Waals surface area contributed by atoms with E-state index in [4.69, 9.17) is 0 Å². The minimum absolute atomic E-state index is 0.0922. The Kier molecular flexibility index (Phi) is 8.52. The summed E-state index contributed by atoms with van der Waals surface area (Å²) in [6.45, 7) is 16.7. The van der Waals surface area contributed by atoms with Gasteiger partial charge >= 0.3 is 0 Å². The van der Waals surface area contributed by atoms with E-state index in [1.165, 1.54) is 0 Å². The molecule has 29 heavy (non-hydrogen) atoms. The Bertz CT molecular complexity index is 563. The van der Waals surface area contributed by atoms with Crippen molar-refractivity contribution in [3.05, 3.63) is 0 Å². The normalized spacial score (nSPS) is 25.0. The molecule has 2 fully saturated rings. The van der Waals surface area contributed by atoms with Crippen molar-refractivity contribution in [1.82, 2.24) is 9.80 Å².